The van der Waals surface area contributed by atoms with E-state index in [0.29, 0.717) is 16.7 Å². The van der Waals surface area contributed by atoms with Gasteiger partial charge < -0.3 is 35.8 Å². The second-order valence-electron chi connectivity index (χ2n) is 36.1. The minimum absolute atomic E-state index is 0.627. The third kappa shape index (κ3) is 12.8. The Morgan fingerprint density at radius 3 is 0.993 bits per heavy atom. The number of hydrogen-bond acceptors (Lipinski definition) is 9. The lowest BCUT2D eigenvalue weighted by atomic mass is 9.94. The molecule has 30 aromatic rings. The van der Waals surface area contributed by atoms with Gasteiger partial charge in [-0.15, -0.1) is 11.3 Å². The fourth-order valence-corrected chi connectivity index (χ4v) is 23.0. The molecule has 654 valence electrons. The van der Waals surface area contributed by atoms with Gasteiger partial charge in [-0.05, 0) is 255 Å². The topological polar surface area (TPSA) is 152 Å². The van der Waals surface area contributed by atoms with Crippen molar-refractivity contribution in [1.29, 1.82) is 15.8 Å². The molecule has 0 aliphatic carbocycles. The third-order valence-corrected chi connectivity index (χ3v) is 29.4. The fourth-order valence-electron chi connectivity index (χ4n) is 21.9. The molecule has 11 nitrogen and oxygen atoms in total. The molecule has 9 aromatic heterocycles. The molecule has 0 unspecified atom stereocenters. The Morgan fingerprint density at radius 2 is 0.511 bits per heavy atom. The van der Waals surface area contributed by atoms with Crippen LogP contribution in [0.25, 0.3) is 279 Å². The number of thiophene rings is 1. The first-order chi connectivity index (χ1) is 69.7. The molecule has 0 saturated heterocycles. The highest BCUT2D eigenvalue weighted by atomic mass is 32.1. The largest absolute Gasteiger partial charge is 0.456 e. The smallest absolute Gasteiger partial charge is 0.145 e. The summed E-state index contributed by atoms with van der Waals surface area (Å²) in [4.78, 5) is 0. The second-order valence-corrected chi connectivity index (χ2v) is 37.2. The van der Waals surface area contributed by atoms with Crippen molar-refractivity contribution in [3.63, 3.8) is 0 Å². The number of nitrogens with zero attached hydrogens (tertiary/aromatic N) is 6. The van der Waals surface area contributed by atoms with Crippen molar-refractivity contribution in [2.75, 3.05) is 0 Å². The van der Waals surface area contributed by atoms with E-state index in [1.807, 2.05) is 151 Å². The number of aromatic nitrogens is 3. The van der Waals surface area contributed by atoms with Crippen molar-refractivity contribution >= 4 is 207 Å². The predicted octanol–water partition coefficient (Wildman–Crippen LogP) is 35.8. The van der Waals surface area contributed by atoms with Crippen LogP contribution in [0.4, 0.5) is 0 Å². The molecule has 0 spiro atoms. The van der Waals surface area contributed by atoms with E-state index in [1.54, 1.807) is 0 Å². The summed E-state index contributed by atoms with van der Waals surface area (Å²) in [6, 6.07) is 159. The first kappa shape index (κ1) is 80.2. The molecule has 30 rings (SSSR count). The average Bonchev–Trinajstić information content (AvgIpc) is 1.57. The van der Waals surface area contributed by atoms with Crippen LogP contribution in [0.3, 0.4) is 0 Å². The number of fused-ring (bicyclic) bond motifs is 30. The molecule has 0 aliphatic rings. The van der Waals surface area contributed by atoms with Crippen molar-refractivity contribution in [1.82, 2.24) is 13.7 Å². The number of nitriles is 3. The van der Waals surface area contributed by atoms with Crippen LogP contribution in [-0.4, -0.2) is 13.7 Å². The van der Waals surface area contributed by atoms with Gasteiger partial charge in [0.1, 0.15) is 55.8 Å². The number of furan rings is 5. The first-order valence-corrected chi connectivity index (χ1v) is 47.8. The minimum atomic E-state index is 0.627. The standard InChI is InChI=1S/2C43H24N2O2.C43H24N2OS/c44-25-26-8-7-9-27(20-26)29-21-30(28-16-17-34-32-10-2-5-14-39(32)46-41(34)24-28)23-31(22-29)45-37-13-4-1-12-36(37)42-38(45)19-18-35-33-11-3-6-15-40(33)47-43(35)42;44-25-26-10-1-2-11-30(26)27-22-28(31-15-9-16-34-32-12-4-7-18-39(32)46-42(31)34)24-29(23-27)45-37-17-6-3-14-36(37)41-38(45)21-20-35-33-13-5-8-19-40(33)47-43(35)41;44-25-27-9-1-2-10-31(27)29-21-28(26-17-20-41-36(24-26)33-12-5-8-16-40(33)47-41)22-30(23-29)45-37-14-6-3-13-35(37)42-38(45)19-18-34-32-11-4-7-15-39(32)46-43(34)42/h3*1-24H. The zero-order chi connectivity index (χ0) is 93.2. The number of benzene rings is 21. The molecule has 0 atom stereocenters. The summed E-state index contributed by atoms with van der Waals surface area (Å²) in [5.74, 6) is 0. The van der Waals surface area contributed by atoms with Crippen LogP contribution in [0.1, 0.15) is 16.7 Å². The van der Waals surface area contributed by atoms with Crippen LogP contribution in [0.15, 0.2) is 459 Å². The molecule has 141 heavy (non-hydrogen) atoms. The summed E-state index contributed by atoms with van der Waals surface area (Å²) < 4.78 is 42.0. The Hall–Kier alpha value is -19.3. The van der Waals surface area contributed by atoms with Gasteiger partial charge in [-0.25, -0.2) is 0 Å². The second kappa shape index (κ2) is 31.9. The van der Waals surface area contributed by atoms with Crippen molar-refractivity contribution < 1.29 is 22.1 Å². The van der Waals surface area contributed by atoms with Gasteiger partial charge >= 0.3 is 0 Å². The summed E-state index contributed by atoms with van der Waals surface area (Å²) in [6.07, 6.45) is 0. The van der Waals surface area contributed by atoms with Gasteiger partial charge in [0.05, 0.1) is 84.2 Å². The van der Waals surface area contributed by atoms with Gasteiger partial charge in [-0.1, -0.05) is 243 Å². The number of hydrogen-bond donors (Lipinski definition) is 0. The third-order valence-electron chi connectivity index (χ3n) is 28.2. The van der Waals surface area contributed by atoms with E-state index in [0.717, 1.165) is 259 Å². The van der Waals surface area contributed by atoms with E-state index >= 15 is 0 Å². The normalized spacial score (nSPS) is 11.8. The summed E-state index contributed by atoms with van der Waals surface area (Å²) >= 11 is 1.83. The summed E-state index contributed by atoms with van der Waals surface area (Å²) in [5.41, 5.74) is 32.3. The molecule has 0 saturated carbocycles. The Bertz CT molecular complexity index is 10700. The Morgan fingerprint density at radius 1 is 0.184 bits per heavy atom. The molecule has 0 amide bonds. The van der Waals surface area contributed by atoms with Crippen LogP contribution < -0.4 is 0 Å². The van der Waals surface area contributed by atoms with Crippen LogP contribution in [0, 0.1) is 34.0 Å². The minimum Gasteiger partial charge on any atom is -0.456 e. The van der Waals surface area contributed by atoms with E-state index in [-0.39, 0.29) is 0 Å². The maximum atomic E-state index is 10.1. The van der Waals surface area contributed by atoms with Gasteiger partial charge in [0.15, 0.2) is 0 Å². The van der Waals surface area contributed by atoms with Crippen LogP contribution in [0.5, 0.6) is 0 Å². The van der Waals surface area contributed by atoms with Crippen LogP contribution >= 0.6 is 11.3 Å². The molecule has 0 bridgehead atoms. The number of para-hydroxylation sites is 9. The summed E-state index contributed by atoms with van der Waals surface area (Å²) in [7, 11) is 0. The quantitative estimate of drug-likeness (QED) is 0.138. The van der Waals surface area contributed by atoms with Gasteiger partial charge in [-0.2, -0.15) is 15.8 Å². The summed E-state index contributed by atoms with van der Waals surface area (Å²) in [5, 5.41) is 50.2. The monoisotopic (exact) mass is 1820 g/mol. The molecule has 0 aliphatic heterocycles. The van der Waals surface area contributed by atoms with Crippen molar-refractivity contribution in [3.8, 4) is 102 Å². The molecule has 0 N–H and O–H groups in total. The Balaban J connectivity index is 0.000000104. The molecule has 12 heteroatoms. The van der Waals surface area contributed by atoms with Crippen molar-refractivity contribution in [2.45, 2.75) is 0 Å². The van der Waals surface area contributed by atoms with E-state index in [9.17, 15) is 15.8 Å². The molecular formula is C129H72N6O5S. The van der Waals surface area contributed by atoms with Gasteiger partial charge in [0.25, 0.3) is 0 Å². The van der Waals surface area contributed by atoms with Gasteiger partial charge in [0, 0.05) is 113 Å². The lowest BCUT2D eigenvalue weighted by Crippen LogP contribution is -1.96. The van der Waals surface area contributed by atoms with Gasteiger partial charge in [-0.3, -0.25) is 0 Å². The van der Waals surface area contributed by atoms with Gasteiger partial charge in [0.2, 0.25) is 0 Å². The summed E-state index contributed by atoms with van der Waals surface area (Å²) in [6.45, 7) is 0. The maximum Gasteiger partial charge on any atom is 0.145 e. The van der Waals surface area contributed by atoms with E-state index in [2.05, 4.69) is 329 Å². The molecule has 9 heterocycles. The zero-order valence-electron chi connectivity index (χ0n) is 75.2. The average molecular weight is 1820 g/mol. The van der Waals surface area contributed by atoms with Crippen molar-refractivity contribution in [2.24, 2.45) is 0 Å². The van der Waals surface area contributed by atoms with E-state index in [1.165, 1.54) is 20.2 Å². The van der Waals surface area contributed by atoms with Crippen LogP contribution in [-0.2, 0) is 0 Å². The molecule has 0 radical (unpaired) electrons. The van der Waals surface area contributed by atoms with E-state index < -0.39 is 0 Å². The molecule has 21 aromatic carbocycles. The molecular weight excluding hydrogens is 1750 g/mol. The van der Waals surface area contributed by atoms with Crippen molar-refractivity contribution in [3.05, 3.63) is 453 Å². The SMILES string of the molecule is N#Cc1cccc(-c2cc(-c3ccc4c(c3)oc3ccccc34)cc(-n3c4ccccc4c4c5oc6ccccc6c5ccc43)c2)c1.N#Cc1ccccc1-c1cc(-c2ccc3sc4ccccc4c3c2)cc(-n2c3ccccc3c3c4oc5ccccc5c4ccc32)c1.N#Cc1ccccc1-c1cc(-c2cccc3c2oc2ccccc23)cc(-n2c3ccccc3c3c4oc5ccccc5c4ccc32)c1. The first-order valence-electron chi connectivity index (χ1n) is 47.0. The highest BCUT2D eigenvalue weighted by molar-refractivity contribution is 7.25. The molecule has 0 fully saturated rings. The Kier molecular flexibility index (Phi) is 18.2. The maximum absolute atomic E-state index is 10.1. The fraction of sp³-hybridized carbons (Fsp3) is 0. The highest BCUT2D eigenvalue weighted by Crippen LogP contribution is 2.50. The predicted molar refractivity (Wildman–Crippen MR) is 578 cm³/mol. The number of rotatable bonds is 9. The van der Waals surface area contributed by atoms with Crippen LogP contribution in [0.2, 0.25) is 0 Å². The lowest BCUT2D eigenvalue weighted by molar-refractivity contribution is 0.669. The van der Waals surface area contributed by atoms with E-state index in [4.69, 9.17) is 22.1 Å². The Labute approximate surface area is 807 Å². The highest BCUT2D eigenvalue weighted by Gasteiger charge is 2.27. The lowest BCUT2D eigenvalue weighted by Gasteiger charge is -2.15. The zero-order valence-corrected chi connectivity index (χ0v) is 76.0.